The average Bonchev–Trinajstić information content (AvgIpc) is 2.41. The first-order valence-electron chi connectivity index (χ1n) is 7.58. The molecule has 0 heterocycles. The molecule has 0 aromatic heterocycles. The van der Waals surface area contributed by atoms with Crippen LogP contribution in [-0.2, 0) is 4.79 Å². The van der Waals surface area contributed by atoms with E-state index in [4.69, 9.17) is 5.53 Å². The minimum Gasteiger partial charge on any atom is -0.356 e. The van der Waals surface area contributed by atoms with Crippen LogP contribution in [0.25, 0.3) is 10.4 Å². The molecule has 0 aliphatic heterocycles. The van der Waals surface area contributed by atoms with E-state index in [1.165, 1.54) is 32.1 Å². The van der Waals surface area contributed by atoms with Crippen LogP contribution in [0, 0.1) is 0 Å². The van der Waals surface area contributed by atoms with Gasteiger partial charge in [0.1, 0.15) is 0 Å². The Hall–Kier alpha value is -1.22. The molecular formula is C14H28N4O. The largest absolute Gasteiger partial charge is 0.356 e. The molecule has 0 saturated heterocycles. The van der Waals surface area contributed by atoms with Crippen molar-refractivity contribution in [3.8, 4) is 0 Å². The molecule has 19 heavy (non-hydrogen) atoms. The van der Waals surface area contributed by atoms with Gasteiger partial charge in [-0.25, -0.2) is 0 Å². The van der Waals surface area contributed by atoms with Gasteiger partial charge in [-0.1, -0.05) is 50.6 Å². The molecule has 0 aromatic carbocycles. The summed E-state index contributed by atoms with van der Waals surface area (Å²) in [7, 11) is 0. The summed E-state index contributed by atoms with van der Waals surface area (Å²) in [6, 6.07) is 0. The lowest BCUT2D eigenvalue weighted by Gasteiger charge is -2.04. The van der Waals surface area contributed by atoms with E-state index in [1.807, 2.05) is 0 Å². The van der Waals surface area contributed by atoms with Crippen molar-refractivity contribution in [1.82, 2.24) is 5.32 Å². The van der Waals surface area contributed by atoms with Gasteiger partial charge in [0, 0.05) is 24.4 Å². The van der Waals surface area contributed by atoms with Gasteiger partial charge in [0.2, 0.25) is 5.91 Å². The van der Waals surface area contributed by atoms with Gasteiger partial charge < -0.3 is 5.32 Å². The summed E-state index contributed by atoms with van der Waals surface area (Å²) in [5.74, 6) is 0.150. The third-order valence-electron chi connectivity index (χ3n) is 3.08. The molecule has 110 valence electrons. The van der Waals surface area contributed by atoms with Gasteiger partial charge >= 0.3 is 0 Å². The van der Waals surface area contributed by atoms with Crippen LogP contribution < -0.4 is 5.32 Å². The second-order valence-corrected chi connectivity index (χ2v) is 4.88. The van der Waals surface area contributed by atoms with Crippen molar-refractivity contribution in [3.05, 3.63) is 10.4 Å². The molecule has 5 heteroatoms. The van der Waals surface area contributed by atoms with Crippen LogP contribution in [0.4, 0.5) is 0 Å². The van der Waals surface area contributed by atoms with Crippen LogP contribution >= 0.6 is 0 Å². The second kappa shape index (κ2) is 14.8. The van der Waals surface area contributed by atoms with Crippen LogP contribution in [0.3, 0.4) is 0 Å². The Labute approximate surface area is 116 Å². The van der Waals surface area contributed by atoms with Gasteiger partial charge in [0.15, 0.2) is 0 Å². The van der Waals surface area contributed by atoms with Crippen molar-refractivity contribution in [2.75, 3.05) is 13.1 Å². The number of hydrogen-bond donors (Lipinski definition) is 1. The Kier molecular flexibility index (Phi) is 13.9. The van der Waals surface area contributed by atoms with Gasteiger partial charge in [-0.3, -0.25) is 4.79 Å². The van der Waals surface area contributed by atoms with Crippen LogP contribution in [0.5, 0.6) is 0 Å². The van der Waals surface area contributed by atoms with Crippen LogP contribution in [0.15, 0.2) is 5.11 Å². The SMILES string of the molecule is CCCCCCCCCC(=O)NCCCCN=[N+]=[N-]. The molecule has 0 aromatic rings. The molecule has 5 nitrogen and oxygen atoms in total. The Balaban J connectivity index is 3.19. The summed E-state index contributed by atoms with van der Waals surface area (Å²) in [6.07, 6.45) is 11.0. The standard InChI is InChI=1S/C14H28N4O/c1-2-3-4-5-6-7-8-11-14(19)16-12-9-10-13-17-18-15/h2-13H2,1H3,(H,16,19). The molecule has 0 bridgehead atoms. The van der Waals surface area contributed by atoms with Crippen molar-refractivity contribution >= 4 is 5.91 Å². The molecular weight excluding hydrogens is 240 g/mol. The number of unbranched alkanes of at least 4 members (excludes halogenated alkanes) is 7. The molecule has 0 saturated carbocycles. The van der Waals surface area contributed by atoms with Gasteiger partial charge in [-0.05, 0) is 24.8 Å². The van der Waals surface area contributed by atoms with E-state index in [2.05, 4.69) is 22.3 Å². The summed E-state index contributed by atoms with van der Waals surface area (Å²) in [5, 5.41) is 6.34. The van der Waals surface area contributed by atoms with E-state index in [0.717, 1.165) is 25.7 Å². The topological polar surface area (TPSA) is 77.9 Å². The quantitative estimate of drug-likeness (QED) is 0.229. The van der Waals surface area contributed by atoms with Crippen LogP contribution in [0.1, 0.15) is 71.1 Å². The summed E-state index contributed by atoms with van der Waals surface area (Å²) in [4.78, 5) is 14.2. The molecule has 0 fully saturated rings. The lowest BCUT2D eigenvalue weighted by Crippen LogP contribution is -2.24. The Bertz CT molecular complexity index is 262. The third kappa shape index (κ3) is 14.7. The molecule has 0 unspecified atom stereocenters. The first-order chi connectivity index (χ1) is 9.31. The fraction of sp³-hybridized carbons (Fsp3) is 0.929. The van der Waals surface area contributed by atoms with Gasteiger partial charge in [-0.2, -0.15) is 0 Å². The number of azide groups is 1. The zero-order valence-corrected chi connectivity index (χ0v) is 12.2. The molecule has 0 aliphatic carbocycles. The molecule has 1 amide bonds. The fourth-order valence-corrected chi connectivity index (χ4v) is 1.91. The summed E-state index contributed by atoms with van der Waals surface area (Å²) >= 11 is 0. The van der Waals surface area contributed by atoms with Gasteiger partial charge in [-0.15, -0.1) is 0 Å². The smallest absolute Gasteiger partial charge is 0.219 e. The van der Waals surface area contributed by atoms with Gasteiger partial charge in [0.05, 0.1) is 0 Å². The Morgan fingerprint density at radius 1 is 1.05 bits per heavy atom. The predicted molar refractivity (Wildman–Crippen MR) is 78.9 cm³/mol. The first-order valence-corrected chi connectivity index (χ1v) is 7.58. The normalized spacial score (nSPS) is 9.95. The maximum absolute atomic E-state index is 11.5. The van der Waals surface area contributed by atoms with Crippen molar-refractivity contribution in [3.63, 3.8) is 0 Å². The van der Waals surface area contributed by atoms with Crippen LogP contribution in [-0.4, -0.2) is 19.0 Å². The summed E-state index contributed by atoms with van der Waals surface area (Å²) < 4.78 is 0. The highest BCUT2D eigenvalue weighted by molar-refractivity contribution is 5.75. The van der Waals surface area contributed by atoms with Crippen molar-refractivity contribution in [1.29, 1.82) is 0 Å². The molecule has 0 aliphatic rings. The summed E-state index contributed by atoms with van der Waals surface area (Å²) in [5.41, 5.74) is 8.09. The maximum atomic E-state index is 11.5. The van der Waals surface area contributed by atoms with E-state index >= 15 is 0 Å². The minimum atomic E-state index is 0.150. The average molecular weight is 268 g/mol. The first kappa shape index (κ1) is 17.8. The second-order valence-electron chi connectivity index (χ2n) is 4.88. The highest BCUT2D eigenvalue weighted by Crippen LogP contribution is 2.08. The summed E-state index contributed by atoms with van der Waals surface area (Å²) in [6.45, 7) is 3.43. The Morgan fingerprint density at radius 2 is 1.74 bits per heavy atom. The highest BCUT2D eigenvalue weighted by Gasteiger charge is 2.00. The third-order valence-corrected chi connectivity index (χ3v) is 3.08. The lowest BCUT2D eigenvalue weighted by atomic mass is 10.1. The van der Waals surface area contributed by atoms with Crippen LogP contribution in [0.2, 0.25) is 0 Å². The number of nitrogens with one attached hydrogen (secondary N) is 1. The number of rotatable bonds is 13. The molecule has 0 spiro atoms. The van der Waals surface area contributed by atoms with Crippen molar-refractivity contribution < 1.29 is 4.79 Å². The number of hydrogen-bond acceptors (Lipinski definition) is 2. The van der Waals surface area contributed by atoms with E-state index in [-0.39, 0.29) is 5.91 Å². The maximum Gasteiger partial charge on any atom is 0.219 e. The number of nitrogens with zero attached hydrogens (tertiary/aromatic N) is 3. The van der Waals surface area contributed by atoms with E-state index in [0.29, 0.717) is 19.5 Å². The molecule has 0 radical (unpaired) electrons. The predicted octanol–water partition coefficient (Wildman–Crippen LogP) is 4.33. The number of carbonyl (C=O) groups excluding carboxylic acids is 1. The molecule has 0 rings (SSSR count). The fourth-order valence-electron chi connectivity index (χ4n) is 1.91. The lowest BCUT2D eigenvalue weighted by molar-refractivity contribution is -0.121. The van der Waals surface area contributed by atoms with Gasteiger partial charge in [0.25, 0.3) is 0 Å². The minimum absolute atomic E-state index is 0.150. The number of amides is 1. The monoisotopic (exact) mass is 268 g/mol. The molecule has 0 atom stereocenters. The Morgan fingerprint density at radius 3 is 2.42 bits per heavy atom. The number of carbonyl (C=O) groups is 1. The zero-order chi connectivity index (χ0) is 14.2. The van der Waals surface area contributed by atoms with Crippen molar-refractivity contribution in [2.24, 2.45) is 5.11 Å². The molecule has 1 N–H and O–H groups in total. The van der Waals surface area contributed by atoms with E-state index in [1.54, 1.807) is 0 Å². The van der Waals surface area contributed by atoms with E-state index in [9.17, 15) is 4.79 Å². The van der Waals surface area contributed by atoms with E-state index < -0.39 is 0 Å². The zero-order valence-electron chi connectivity index (χ0n) is 12.2. The highest BCUT2D eigenvalue weighted by atomic mass is 16.1. The van der Waals surface area contributed by atoms with Crippen molar-refractivity contribution in [2.45, 2.75) is 71.1 Å².